The molecule has 0 bridgehead atoms. The van der Waals surface area contributed by atoms with Crippen molar-refractivity contribution in [1.29, 1.82) is 0 Å². The Balaban J connectivity index is 1.50. The van der Waals surface area contributed by atoms with Crippen molar-refractivity contribution in [2.24, 2.45) is 0 Å². The average Bonchev–Trinajstić information content (AvgIpc) is 3.14. The number of ether oxygens (including phenoxy) is 1. The molecule has 1 atom stereocenters. The number of nitrogens with one attached hydrogen (secondary N) is 1. The number of aromatic nitrogens is 1. The quantitative estimate of drug-likeness (QED) is 0.355. The topological polar surface area (TPSA) is 51.2 Å². The minimum Gasteiger partial charge on any atom is -0.441 e. The zero-order valence-electron chi connectivity index (χ0n) is 16.2. The molecule has 4 aromatic rings. The Morgan fingerprint density at radius 2 is 1.70 bits per heavy atom. The van der Waals surface area contributed by atoms with Crippen molar-refractivity contribution < 1.29 is 9.53 Å². The van der Waals surface area contributed by atoms with Gasteiger partial charge in [-0.25, -0.2) is 4.79 Å². The standard InChI is InChI=1S/C24H19ClN2O2S/c1-16(17-8-4-2-5-9-17)29-24(28)27-21-14-22(25)30-23(21)19-12-13-20(26-15-19)18-10-6-3-7-11-18/h2-16H,1H3,(H,27,28). The van der Waals surface area contributed by atoms with Crippen LogP contribution in [0.3, 0.4) is 0 Å². The van der Waals surface area contributed by atoms with E-state index in [0.29, 0.717) is 10.0 Å². The fraction of sp³-hybridized carbons (Fsp3) is 0.0833. The van der Waals surface area contributed by atoms with E-state index in [0.717, 1.165) is 27.3 Å². The lowest BCUT2D eigenvalue weighted by molar-refractivity contribution is 0.121. The average molecular weight is 435 g/mol. The van der Waals surface area contributed by atoms with Crippen molar-refractivity contribution >= 4 is 34.7 Å². The van der Waals surface area contributed by atoms with Crippen LogP contribution in [0.2, 0.25) is 4.34 Å². The first-order chi connectivity index (χ1) is 14.6. The molecule has 0 radical (unpaired) electrons. The van der Waals surface area contributed by atoms with Gasteiger partial charge in [0.15, 0.2) is 0 Å². The number of carbonyl (C=O) groups is 1. The molecule has 2 heterocycles. The maximum absolute atomic E-state index is 12.4. The van der Waals surface area contributed by atoms with E-state index in [1.165, 1.54) is 11.3 Å². The van der Waals surface area contributed by atoms with E-state index in [1.807, 2.05) is 79.7 Å². The van der Waals surface area contributed by atoms with Crippen LogP contribution in [0.4, 0.5) is 10.5 Å². The number of nitrogens with zero attached hydrogens (tertiary/aromatic N) is 1. The molecule has 0 saturated heterocycles. The second kappa shape index (κ2) is 9.11. The van der Waals surface area contributed by atoms with Crippen LogP contribution >= 0.6 is 22.9 Å². The predicted octanol–water partition coefficient (Wildman–Crippen LogP) is 7.44. The molecule has 0 spiro atoms. The predicted molar refractivity (Wildman–Crippen MR) is 123 cm³/mol. The fourth-order valence-electron chi connectivity index (χ4n) is 3.07. The van der Waals surface area contributed by atoms with Gasteiger partial charge >= 0.3 is 6.09 Å². The largest absolute Gasteiger partial charge is 0.441 e. The van der Waals surface area contributed by atoms with Crippen molar-refractivity contribution in [2.75, 3.05) is 5.32 Å². The van der Waals surface area contributed by atoms with E-state index in [-0.39, 0.29) is 6.10 Å². The van der Waals surface area contributed by atoms with Gasteiger partial charge in [-0.15, -0.1) is 11.3 Å². The summed E-state index contributed by atoms with van der Waals surface area (Å²) in [4.78, 5) is 17.8. The number of carbonyl (C=O) groups excluding carboxylic acids is 1. The van der Waals surface area contributed by atoms with E-state index in [9.17, 15) is 4.79 Å². The molecule has 0 aliphatic rings. The number of thiophene rings is 1. The van der Waals surface area contributed by atoms with Crippen molar-refractivity contribution in [2.45, 2.75) is 13.0 Å². The molecule has 0 aliphatic heterocycles. The van der Waals surface area contributed by atoms with Crippen LogP contribution in [0, 0.1) is 0 Å². The van der Waals surface area contributed by atoms with E-state index in [4.69, 9.17) is 16.3 Å². The summed E-state index contributed by atoms with van der Waals surface area (Å²) >= 11 is 7.62. The Hall–Kier alpha value is -3.15. The molecule has 1 N–H and O–H groups in total. The third-order valence-electron chi connectivity index (χ3n) is 4.59. The fourth-order valence-corrected chi connectivity index (χ4v) is 4.24. The lowest BCUT2D eigenvalue weighted by Gasteiger charge is -2.14. The van der Waals surface area contributed by atoms with Gasteiger partial charge in [0.25, 0.3) is 0 Å². The zero-order valence-corrected chi connectivity index (χ0v) is 17.8. The Morgan fingerprint density at radius 3 is 2.37 bits per heavy atom. The molecule has 0 aliphatic carbocycles. The minimum absolute atomic E-state index is 0.365. The SMILES string of the molecule is CC(OC(=O)Nc1cc(Cl)sc1-c1ccc(-c2ccccc2)nc1)c1ccccc1. The number of hydrogen-bond acceptors (Lipinski definition) is 4. The zero-order chi connectivity index (χ0) is 20.9. The van der Waals surface area contributed by atoms with Crippen LogP contribution in [0.25, 0.3) is 21.7 Å². The Kier molecular flexibility index (Phi) is 6.12. The van der Waals surface area contributed by atoms with Crippen molar-refractivity contribution in [3.05, 3.63) is 95.0 Å². The Labute approximate surface area is 184 Å². The van der Waals surface area contributed by atoms with Gasteiger partial charge in [-0.1, -0.05) is 72.3 Å². The number of benzene rings is 2. The van der Waals surface area contributed by atoms with Gasteiger partial charge in [0.2, 0.25) is 0 Å². The highest BCUT2D eigenvalue weighted by Crippen LogP contribution is 2.39. The van der Waals surface area contributed by atoms with Crippen LogP contribution < -0.4 is 5.32 Å². The summed E-state index contributed by atoms with van der Waals surface area (Å²) in [7, 11) is 0. The number of hydrogen-bond donors (Lipinski definition) is 1. The van der Waals surface area contributed by atoms with Crippen LogP contribution in [-0.4, -0.2) is 11.1 Å². The second-order valence-electron chi connectivity index (χ2n) is 6.67. The first kappa shape index (κ1) is 20.1. The van der Waals surface area contributed by atoms with Crippen molar-refractivity contribution in [1.82, 2.24) is 4.98 Å². The summed E-state index contributed by atoms with van der Waals surface area (Å²) < 4.78 is 6.09. The third kappa shape index (κ3) is 4.70. The smallest absolute Gasteiger partial charge is 0.412 e. The number of amides is 1. The minimum atomic E-state index is -0.532. The van der Waals surface area contributed by atoms with Crippen LogP contribution in [0.1, 0.15) is 18.6 Å². The number of rotatable bonds is 5. The highest BCUT2D eigenvalue weighted by atomic mass is 35.5. The number of halogens is 1. The molecule has 150 valence electrons. The van der Waals surface area contributed by atoms with Crippen LogP contribution in [0.15, 0.2) is 85.1 Å². The highest BCUT2D eigenvalue weighted by molar-refractivity contribution is 7.20. The molecule has 4 rings (SSSR count). The molecule has 2 aromatic carbocycles. The van der Waals surface area contributed by atoms with Gasteiger partial charge in [-0.05, 0) is 30.7 Å². The molecular weight excluding hydrogens is 416 g/mol. The second-order valence-corrected chi connectivity index (χ2v) is 8.36. The first-order valence-corrected chi connectivity index (χ1v) is 10.6. The Bertz CT molecular complexity index is 1130. The molecule has 1 amide bonds. The maximum Gasteiger partial charge on any atom is 0.412 e. The normalized spacial score (nSPS) is 11.7. The lowest BCUT2D eigenvalue weighted by atomic mass is 10.1. The number of anilines is 1. The molecule has 2 aromatic heterocycles. The van der Waals surface area contributed by atoms with Gasteiger partial charge in [-0.3, -0.25) is 10.3 Å². The first-order valence-electron chi connectivity index (χ1n) is 9.44. The van der Waals surface area contributed by atoms with Gasteiger partial charge in [0.05, 0.1) is 20.6 Å². The molecule has 1 unspecified atom stereocenters. The van der Waals surface area contributed by atoms with Crippen molar-refractivity contribution in [3.8, 4) is 21.7 Å². The molecular formula is C24H19ClN2O2S. The summed E-state index contributed by atoms with van der Waals surface area (Å²) in [5.41, 5.74) is 4.33. The van der Waals surface area contributed by atoms with E-state index < -0.39 is 6.09 Å². The lowest BCUT2D eigenvalue weighted by Crippen LogP contribution is -2.16. The van der Waals surface area contributed by atoms with Crippen molar-refractivity contribution in [3.63, 3.8) is 0 Å². The maximum atomic E-state index is 12.4. The summed E-state index contributed by atoms with van der Waals surface area (Å²) in [5.74, 6) is 0. The molecule has 6 heteroatoms. The summed E-state index contributed by atoms with van der Waals surface area (Å²) in [6.07, 6.45) is 0.889. The molecule has 0 fully saturated rings. The Morgan fingerprint density at radius 1 is 1.00 bits per heavy atom. The number of pyridine rings is 1. The summed E-state index contributed by atoms with van der Waals surface area (Å²) in [6, 6.07) is 25.2. The highest BCUT2D eigenvalue weighted by Gasteiger charge is 2.17. The molecule has 0 saturated carbocycles. The summed E-state index contributed by atoms with van der Waals surface area (Å²) in [6.45, 7) is 1.84. The van der Waals surface area contributed by atoms with Gasteiger partial charge in [-0.2, -0.15) is 0 Å². The van der Waals surface area contributed by atoms with Gasteiger partial charge in [0, 0.05) is 17.3 Å². The summed E-state index contributed by atoms with van der Waals surface area (Å²) in [5, 5.41) is 2.81. The van der Waals surface area contributed by atoms with Crippen LogP contribution in [-0.2, 0) is 4.74 Å². The van der Waals surface area contributed by atoms with E-state index in [1.54, 1.807) is 12.3 Å². The molecule has 4 nitrogen and oxygen atoms in total. The third-order valence-corrected chi connectivity index (χ3v) is 5.90. The van der Waals surface area contributed by atoms with Gasteiger partial charge < -0.3 is 4.74 Å². The van der Waals surface area contributed by atoms with Gasteiger partial charge in [0.1, 0.15) is 6.10 Å². The van der Waals surface area contributed by atoms with E-state index >= 15 is 0 Å². The van der Waals surface area contributed by atoms with Crippen LogP contribution in [0.5, 0.6) is 0 Å². The monoisotopic (exact) mass is 434 g/mol. The van der Waals surface area contributed by atoms with E-state index in [2.05, 4.69) is 10.3 Å². The molecule has 30 heavy (non-hydrogen) atoms.